The number of benzene rings is 1. The average Bonchev–Trinajstić information content (AvgIpc) is 2.34. The van der Waals surface area contributed by atoms with Crippen molar-refractivity contribution in [3.63, 3.8) is 0 Å². The maximum absolute atomic E-state index is 12.6. The Bertz CT molecular complexity index is 595. The molecule has 0 aliphatic heterocycles. The molecule has 1 saturated carbocycles. The van der Waals surface area contributed by atoms with Gasteiger partial charge in [-0.1, -0.05) is 0 Å². The van der Waals surface area contributed by atoms with Gasteiger partial charge in [-0.25, -0.2) is 4.79 Å². The molecule has 1 aliphatic carbocycles. The molecule has 1 aliphatic rings. The van der Waals surface area contributed by atoms with Crippen molar-refractivity contribution in [2.45, 2.75) is 31.0 Å². The number of carbonyl (C=O) groups excluding carboxylic acids is 1. The summed E-state index contributed by atoms with van der Waals surface area (Å²) in [7, 11) is 0. The number of carboxylic acids is 1. The fourth-order valence-electron chi connectivity index (χ4n) is 2.04. The Morgan fingerprint density at radius 2 is 1.90 bits per heavy atom. The molecule has 0 heterocycles. The van der Waals surface area contributed by atoms with Gasteiger partial charge in [0.15, 0.2) is 0 Å². The van der Waals surface area contributed by atoms with E-state index in [-0.39, 0.29) is 5.69 Å². The quantitative estimate of drug-likeness (QED) is 0.798. The molecule has 114 valence electrons. The fraction of sp³-hybridized carbons (Fsp3) is 0.385. The number of alkyl halides is 3. The zero-order valence-electron chi connectivity index (χ0n) is 10.8. The molecule has 0 saturated heterocycles. The molecule has 1 aromatic rings. The number of halogens is 3. The molecule has 4 N–H and O–H groups in total. The average molecular weight is 302 g/mol. The highest BCUT2D eigenvalue weighted by Gasteiger charge is 2.40. The van der Waals surface area contributed by atoms with Crippen LogP contribution in [-0.4, -0.2) is 22.5 Å². The third kappa shape index (κ3) is 2.99. The zero-order chi connectivity index (χ0) is 15.8. The second-order valence-electron chi connectivity index (χ2n) is 5.03. The van der Waals surface area contributed by atoms with Crippen molar-refractivity contribution >= 4 is 17.6 Å². The molecule has 1 fully saturated rings. The van der Waals surface area contributed by atoms with E-state index in [0.717, 1.165) is 12.5 Å². The SMILES string of the molecule is NC1(C(=O)Nc2ccc(C(F)(F)F)cc2C(=O)O)CCC1. The molecule has 0 unspecified atom stereocenters. The third-order valence-corrected chi connectivity index (χ3v) is 3.52. The molecule has 0 radical (unpaired) electrons. The van der Waals surface area contributed by atoms with E-state index in [2.05, 4.69) is 5.32 Å². The van der Waals surface area contributed by atoms with Crippen molar-refractivity contribution in [2.75, 3.05) is 5.32 Å². The highest BCUT2D eigenvalue weighted by Crippen LogP contribution is 2.33. The number of nitrogens with one attached hydrogen (secondary N) is 1. The van der Waals surface area contributed by atoms with Gasteiger partial charge in [-0.05, 0) is 37.5 Å². The number of hydrogen-bond acceptors (Lipinski definition) is 3. The van der Waals surface area contributed by atoms with Crippen LogP contribution in [0.1, 0.15) is 35.2 Å². The van der Waals surface area contributed by atoms with E-state index in [1.807, 2.05) is 0 Å². The first kappa shape index (κ1) is 15.3. The van der Waals surface area contributed by atoms with Gasteiger partial charge in [0, 0.05) is 0 Å². The number of anilines is 1. The molecule has 5 nitrogen and oxygen atoms in total. The van der Waals surface area contributed by atoms with E-state index >= 15 is 0 Å². The van der Waals surface area contributed by atoms with Crippen LogP contribution in [-0.2, 0) is 11.0 Å². The predicted octanol–water partition coefficient (Wildman–Crippen LogP) is 2.22. The van der Waals surface area contributed by atoms with Crippen molar-refractivity contribution in [1.29, 1.82) is 0 Å². The molecule has 21 heavy (non-hydrogen) atoms. The standard InChI is InChI=1S/C13H13F3N2O3/c14-13(15,16)7-2-3-9(8(6-7)10(19)20)18-11(21)12(17)4-1-5-12/h2-3,6H,1,4-5,17H2,(H,18,21)(H,19,20). The minimum Gasteiger partial charge on any atom is -0.478 e. The summed E-state index contributed by atoms with van der Waals surface area (Å²) in [5.74, 6) is -2.15. The highest BCUT2D eigenvalue weighted by molar-refractivity contribution is 6.04. The highest BCUT2D eigenvalue weighted by atomic mass is 19.4. The van der Waals surface area contributed by atoms with Crippen LogP contribution in [0.15, 0.2) is 18.2 Å². The molecular weight excluding hydrogens is 289 g/mol. The topological polar surface area (TPSA) is 92.4 Å². The summed E-state index contributed by atoms with van der Waals surface area (Å²) in [6, 6.07) is 2.13. The molecule has 1 aromatic carbocycles. The molecule has 2 rings (SSSR count). The van der Waals surface area contributed by atoms with Crippen molar-refractivity contribution < 1.29 is 27.9 Å². The molecule has 1 amide bonds. The Morgan fingerprint density at radius 3 is 2.33 bits per heavy atom. The summed E-state index contributed by atoms with van der Waals surface area (Å²) in [6.45, 7) is 0. The minimum atomic E-state index is -4.66. The monoisotopic (exact) mass is 302 g/mol. The van der Waals surface area contributed by atoms with Gasteiger partial charge in [0.2, 0.25) is 5.91 Å². The maximum atomic E-state index is 12.6. The van der Waals surface area contributed by atoms with Gasteiger partial charge < -0.3 is 16.2 Å². The normalized spacial score (nSPS) is 17.0. The lowest BCUT2D eigenvalue weighted by molar-refractivity contribution is -0.137. The van der Waals surface area contributed by atoms with Crippen molar-refractivity contribution in [3.8, 4) is 0 Å². The van der Waals surface area contributed by atoms with Crippen LogP contribution >= 0.6 is 0 Å². The summed E-state index contributed by atoms with van der Waals surface area (Å²) >= 11 is 0. The van der Waals surface area contributed by atoms with Crippen LogP contribution in [0.2, 0.25) is 0 Å². The number of carbonyl (C=O) groups is 2. The number of nitrogens with two attached hydrogens (primary N) is 1. The lowest BCUT2D eigenvalue weighted by Crippen LogP contribution is -2.56. The van der Waals surface area contributed by atoms with Crippen LogP contribution in [0.25, 0.3) is 0 Å². The number of carboxylic acid groups (broad SMARTS) is 1. The number of amides is 1. The summed E-state index contributed by atoms with van der Waals surface area (Å²) in [4.78, 5) is 23.0. The van der Waals surface area contributed by atoms with Crippen LogP contribution in [0.4, 0.5) is 18.9 Å². The van der Waals surface area contributed by atoms with Gasteiger partial charge in [-0.3, -0.25) is 4.79 Å². The lowest BCUT2D eigenvalue weighted by Gasteiger charge is -2.36. The number of rotatable bonds is 3. The first-order valence-corrected chi connectivity index (χ1v) is 6.18. The molecular formula is C13H13F3N2O3. The molecule has 0 bridgehead atoms. The molecule has 0 aromatic heterocycles. The molecule has 0 atom stereocenters. The Morgan fingerprint density at radius 1 is 1.29 bits per heavy atom. The Hall–Kier alpha value is -2.09. The van der Waals surface area contributed by atoms with Gasteiger partial charge in [0.1, 0.15) is 0 Å². The molecule has 0 spiro atoms. The first-order valence-electron chi connectivity index (χ1n) is 6.18. The zero-order valence-corrected chi connectivity index (χ0v) is 10.8. The Labute approximate surface area is 117 Å². The van der Waals surface area contributed by atoms with Gasteiger partial charge in [0.05, 0.1) is 22.4 Å². The maximum Gasteiger partial charge on any atom is 0.416 e. The van der Waals surface area contributed by atoms with Crippen molar-refractivity contribution in [2.24, 2.45) is 5.73 Å². The second-order valence-corrected chi connectivity index (χ2v) is 5.03. The van der Waals surface area contributed by atoms with Crippen LogP contribution < -0.4 is 11.1 Å². The largest absolute Gasteiger partial charge is 0.478 e. The van der Waals surface area contributed by atoms with Gasteiger partial charge in [-0.2, -0.15) is 13.2 Å². The van der Waals surface area contributed by atoms with Crippen molar-refractivity contribution in [1.82, 2.24) is 0 Å². The van der Waals surface area contributed by atoms with Gasteiger partial charge >= 0.3 is 12.1 Å². The van der Waals surface area contributed by atoms with Crippen LogP contribution in [0.3, 0.4) is 0 Å². The summed E-state index contributed by atoms with van der Waals surface area (Å²) < 4.78 is 37.7. The van der Waals surface area contributed by atoms with E-state index < -0.39 is 34.7 Å². The Kier molecular flexibility index (Phi) is 3.66. The van der Waals surface area contributed by atoms with Gasteiger partial charge in [0.25, 0.3) is 0 Å². The van der Waals surface area contributed by atoms with E-state index in [1.165, 1.54) is 0 Å². The van der Waals surface area contributed by atoms with Crippen LogP contribution in [0.5, 0.6) is 0 Å². The van der Waals surface area contributed by atoms with E-state index in [0.29, 0.717) is 25.0 Å². The summed E-state index contributed by atoms with van der Waals surface area (Å²) in [6.07, 6.45) is -2.96. The number of hydrogen-bond donors (Lipinski definition) is 3. The number of aromatic carboxylic acids is 1. The third-order valence-electron chi connectivity index (χ3n) is 3.52. The van der Waals surface area contributed by atoms with Crippen LogP contribution in [0, 0.1) is 0 Å². The van der Waals surface area contributed by atoms with E-state index in [9.17, 15) is 22.8 Å². The summed E-state index contributed by atoms with van der Waals surface area (Å²) in [5.41, 5.74) is 2.79. The van der Waals surface area contributed by atoms with Crippen molar-refractivity contribution in [3.05, 3.63) is 29.3 Å². The smallest absolute Gasteiger partial charge is 0.416 e. The van der Waals surface area contributed by atoms with E-state index in [1.54, 1.807) is 0 Å². The Balaban J connectivity index is 2.31. The van der Waals surface area contributed by atoms with E-state index in [4.69, 9.17) is 10.8 Å². The second kappa shape index (κ2) is 5.03. The predicted molar refractivity (Wildman–Crippen MR) is 67.8 cm³/mol. The lowest BCUT2D eigenvalue weighted by atomic mass is 9.77. The summed E-state index contributed by atoms with van der Waals surface area (Å²) in [5, 5.41) is 11.3. The van der Waals surface area contributed by atoms with Gasteiger partial charge in [-0.15, -0.1) is 0 Å². The first-order chi connectivity index (χ1) is 9.63. The molecule has 8 heteroatoms. The minimum absolute atomic E-state index is 0.197. The fourth-order valence-corrected chi connectivity index (χ4v) is 2.04.